The second kappa shape index (κ2) is 17.1. The molecule has 4 heterocycles. The van der Waals surface area contributed by atoms with E-state index in [1.54, 1.807) is 71.9 Å². The Kier molecular flexibility index (Phi) is 12.2. The molecule has 0 radical (unpaired) electrons. The van der Waals surface area contributed by atoms with Crippen molar-refractivity contribution >= 4 is 24.0 Å². The Balaban J connectivity index is 1.16. The number of halogens is 1. The number of hydrogen-bond acceptors (Lipinski definition) is 16. The van der Waals surface area contributed by atoms with Gasteiger partial charge in [-0.1, -0.05) is 39.0 Å². The van der Waals surface area contributed by atoms with Gasteiger partial charge in [-0.05, 0) is 94.7 Å². The molecule has 3 saturated heterocycles. The zero-order chi connectivity index (χ0) is 48.9. The molecule has 7 aliphatic rings. The summed E-state index contributed by atoms with van der Waals surface area (Å²) in [6, 6.07) is 8.85. The monoisotopic (exact) mass is 949 g/mol. The molecule has 4 N–H and O–H groups in total. The summed E-state index contributed by atoms with van der Waals surface area (Å²) in [6.07, 6.45) is -5.83. The number of carbonyl (C=O) groups excluding carboxylic acids is 4. The average Bonchev–Trinajstić information content (AvgIpc) is 4.02. The minimum Gasteiger partial charge on any atom is -0.456 e. The van der Waals surface area contributed by atoms with Gasteiger partial charge in [0.1, 0.15) is 53.2 Å². The van der Waals surface area contributed by atoms with Gasteiger partial charge in [-0.3, -0.25) is 14.7 Å². The van der Waals surface area contributed by atoms with Gasteiger partial charge in [0.05, 0.1) is 29.8 Å². The van der Waals surface area contributed by atoms with E-state index < -0.39 is 130 Å². The third-order valence-corrected chi connectivity index (χ3v) is 15.9. The molecule has 3 aliphatic heterocycles. The Labute approximate surface area is 395 Å². The van der Waals surface area contributed by atoms with Crippen molar-refractivity contribution in [1.82, 2.24) is 15.2 Å². The van der Waals surface area contributed by atoms with Crippen LogP contribution in [0.3, 0.4) is 0 Å². The largest absolute Gasteiger partial charge is 0.456 e. The Morgan fingerprint density at radius 2 is 1.71 bits per heavy atom. The number of aromatic nitrogens is 1. The van der Waals surface area contributed by atoms with Crippen LogP contribution in [0.25, 0.3) is 0 Å². The van der Waals surface area contributed by atoms with E-state index in [0.29, 0.717) is 43.6 Å². The Bertz CT molecular complexity index is 2350. The molecule has 17 nitrogen and oxygen atoms in total. The highest BCUT2D eigenvalue weighted by Gasteiger charge is 2.77. The standard InChI is InChI=1S/C50H64FN3O14/c1-26-31(63-43(58)37(56)36(35-30(51)15-12-20-52-35)53-44(59)68-45(3,4)5)21-50(61)41(66-42(57)28-13-10-9-11-14-28)39-47(8,19-18-32-49(39,25-62-32)67-27(2)55)40-38(34(26)46(50,6)7)64-33(65-40)22-54-23-48(60,24-54)29-16-17-29/h9-15,20,29,31-33,36-41,56,60-61H,16-19,21-25H2,1-8H3,(H,53,59)/t31-,32+,33+,36-,37+,38+,39-,40+,41-,47+,49-,50+/m0/s1. The Morgan fingerprint density at radius 3 is 2.32 bits per heavy atom. The van der Waals surface area contributed by atoms with E-state index in [9.17, 15) is 34.5 Å². The highest BCUT2D eigenvalue weighted by atomic mass is 19.1. The summed E-state index contributed by atoms with van der Waals surface area (Å²) in [5, 5.41) is 39.4. The van der Waals surface area contributed by atoms with Gasteiger partial charge in [0, 0.05) is 50.0 Å². The number of amides is 1. The van der Waals surface area contributed by atoms with Gasteiger partial charge in [-0.15, -0.1) is 0 Å². The minimum atomic E-state index is -2.26. The van der Waals surface area contributed by atoms with Gasteiger partial charge in [0.25, 0.3) is 0 Å². The zero-order valence-corrected chi connectivity index (χ0v) is 39.9. The number of likely N-dealkylation sites (tertiary alicyclic amines) is 1. The number of hydrogen-bond donors (Lipinski definition) is 4. The molecule has 1 aromatic heterocycles. The topological polar surface area (TPSA) is 222 Å². The van der Waals surface area contributed by atoms with Crippen LogP contribution >= 0.6 is 0 Å². The minimum absolute atomic E-state index is 0.0783. The molecule has 1 aromatic carbocycles. The van der Waals surface area contributed by atoms with Crippen LogP contribution in [0.4, 0.5) is 9.18 Å². The number of nitrogens with zero attached hydrogens (tertiary/aromatic N) is 2. The van der Waals surface area contributed by atoms with E-state index in [4.69, 9.17) is 33.2 Å². The fourth-order valence-corrected chi connectivity index (χ4v) is 12.4. The number of fused-ring (bicyclic) bond motifs is 8. The maximum atomic E-state index is 15.4. The van der Waals surface area contributed by atoms with E-state index in [1.165, 1.54) is 19.2 Å². The molecule has 1 amide bonds. The number of ether oxygens (including phenoxy) is 7. The van der Waals surface area contributed by atoms with E-state index in [1.807, 2.05) is 6.92 Å². The number of alkyl carbamates (subject to hydrolysis) is 1. The highest BCUT2D eigenvalue weighted by Crippen LogP contribution is 2.67. The lowest BCUT2D eigenvalue weighted by molar-refractivity contribution is -0.345. The van der Waals surface area contributed by atoms with Crippen LogP contribution in [0.5, 0.6) is 0 Å². The summed E-state index contributed by atoms with van der Waals surface area (Å²) in [6.45, 7) is 14.5. The Morgan fingerprint density at radius 1 is 1.00 bits per heavy atom. The normalized spacial score (nSPS) is 35.6. The van der Waals surface area contributed by atoms with E-state index >= 15 is 4.39 Å². The van der Waals surface area contributed by atoms with Gasteiger partial charge < -0.3 is 53.8 Å². The van der Waals surface area contributed by atoms with Gasteiger partial charge in [0.2, 0.25) is 0 Å². The Hall–Kier alpha value is -4.56. The number of aliphatic hydroxyl groups excluding tert-OH is 1. The third-order valence-electron chi connectivity index (χ3n) is 15.9. The zero-order valence-electron chi connectivity index (χ0n) is 39.9. The van der Waals surface area contributed by atoms with Gasteiger partial charge in [0.15, 0.2) is 18.0 Å². The van der Waals surface area contributed by atoms with Crippen LogP contribution in [0, 0.1) is 28.5 Å². The fourth-order valence-electron chi connectivity index (χ4n) is 12.4. The average molecular weight is 950 g/mol. The molecule has 9 rings (SSSR count). The molecule has 0 unspecified atom stereocenters. The lowest BCUT2D eigenvalue weighted by Crippen LogP contribution is -2.79. The van der Waals surface area contributed by atoms with Crippen LogP contribution < -0.4 is 5.32 Å². The number of aliphatic hydroxyl groups is 3. The molecule has 2 aromatic rings. The molecule has 18 heteroatoms. The van der Waals surface area contributed by atoms with Crippen LogP contribution in [-0.2, 0) is 42.7 Å². The van der Waals surface area contributed by atoms with E-state index in [0.717, 1.165) is 18.9 Å². The fraction of sp³-hybridized carbons (Fsp3) is 0.660. The summed E-state index contributed by atoms with van der Waals surface area (Å²) in [7, 11) is 0. The molecule has 6 fully saturated rings. The number of esters is 3. The molecule has 370 valence electrons. The van der Waals surface area contributed by atoms with Crippen molar-refractivity contribution in [3.05, 3.63) is 76.9 Å². The van der Waals surface area contributed by atoms with Gasteiger partial charge >= 0.3 is 24.0 Å². The van der Waals surface area contributed by atoms with Gasteiger partial charge in [-0.2, -0.15) is 0 Å². The quantitative estimate of drug-likeness (QED) is 0.139. The summed E-state index contributed by atoms with van der Waals surface area (Å²) in [4.78, 5) is 61.5. The van der Waals surface area contributed by atoms with Crippen molar-refractivity contribution in [2.75, 3.05) is 26.2 Å². The molecular formula is C50H64FN3O14. The molecule has 0 spiro atoms. The van der Waals surface area contributed by atoms with Crippen LogP contribution in [0.1, 0.15) is 110 Å². The molecule has 3 saturated carbocycles. The molecule has 12 atom stereocenters. The van der Waals surface area contributed by atoms with Crippen LogP contribution in [0.15, 0.2) is 59.8 Å². The van der Waals surface area contributed by atoms with Crippen LogP contribution in [0.2, 0.25) is 0 Å². The van der Waals surface area contributed by atoms with Gasteiger partial charge in [-0.25, -0.2) is 18.8 Å². The number of benzene rings is 1. The van der Waals surface area contributed by atoms with Crippen molar-refractivity contribution in [3.8, 4) is 0 Å². The number of carbonyl (C=O) groups is 4. The summed E-state index contributed by atoms with van der Waals surface area (Å²) in [5.74, 6) is -4.37. The predicted octanol–water partition coefficient (Wildman–Crippen LogP) is 4.46. The summed E-state index contributed by atoms with van der Waals surface area (Å²) in [5.41, 5.74) is -7.12. The summed E-state index contributed by atoms with van der Waals surface area (Å²) < 4.78 is 60.3. The van der Waals surface area contributed by atoms with Crippen molar-refractivity contribution in [1.29, 1.82) is 0 Å². The lowest BCUT2D eigenvalue weighted by atomic mass is 9.45. The predicted molar refractivity (Wildman–Crippen MR) is 237 cm³/mol. The van der Waals surface area contributed by atoms with Crippen molar-refractivity contribution in [3.63, 3.8) is 0 Å². The number of pyridine rings is 1. The first-order chi connectivity index (χ1) is 31.9. The number of rotatable bonds is 11. The first-order valence-electron chi connectivity index (χ1n) is 23.7. The van der Waals surface area contributed by atoms with Crippen molar-refractivity contribution in [2.45, 2.75) is 159 Å². The maximum absolute atomic E-state index is 15.4. The second-order valence-corrected chi connectivity index (χ2v) is 21.9. The first-order valence-corrected chi connectivity index (χ1v) is 23.7. The second-order valence-electron chi connectivity index (χ2n) is 21.9. The highest BCUT2D eigenvalue weighted by molar-refractivity contribution is 5.89. The van der Waals surface area contributed by atoms with E-state index in [-0.39, 0.29) is 18.1 Å². The number of nitrogens with one attached hydrogen (secondary N) is 1. The maximum Gasteiger partial charge on any atom is 0.408 e. The third kappa shape index (κ3) is 8.20. The van der Waals surface area contributed by atoms with E-state index in [2.05, 4.69) is 15.2 Å². The van der Waals surface area contributed by atoms with Crippen molar-refractivity contribution < 1.29 is 72.0 Å². The molecule has 68 heavy (non-hydrogen) atoms. The number of β-amino-alcohol motifs (C(OH)–C–C–N with tert-alkyl or cyclic N) is 1. The lowest BCUT2D eigenvalue weighted by Gasteiger charge is -2.68. The molecule has 4 aliphatic carbocycles. The summed E-state index contributed by atoms with van der Waals surface area (Å²) >= 11 is 0. The molecule has 2 bridgehead atoms. The molecular weight excluding hydrogens is 886 g/mol. The SMILES string of the molecule is CC(=O)O[C@@]12CO[C@@H]1CC[C@@]1(C)[C@@H]3O[C@H](CN4CC(O)(C5CC5)C4)O[C@@H]3C3=C(C)[C@@H](OC(=O)[C@H](O)[C@@H](NC(=O)OC(C)(C)C)c4ncccc4F)C[C@@](O)([C@@H](OC(=O)c4ccccc4)[C@@H]12)C3(C)C. The first kappa shape index (κ1) is 48.5. The van der Waals surface area contributed by atoms with Crippen LogP contribution in [-0.4, -0.2) is 141 Å². The smallest absolute Gasteiger partial charge is 0.408 e. The van der Waals surface area contributed by atoms with Crippen molar-refractivity contribution in [2.24, 2.45) is 22.7 Å².